The van der Waals surface area contributed by atoms with Gasteiger partial charge in [0.25, 0.3) is 0 Å². The van der Waals surface area contributed by atoms with Crippen LogP contribution in [-0.4, -0.2) is 38.2 Å². The Balaban J connectivity index is 1.63. The number of nitrogens with zero attached hydrogens (tertiary/aromatic N) is 4. The quantitative estimate of drug-likeness (QED) is 0.819. The Morgan fingerprint density at radius 2 is 2.35 bits per heavy atom. The lowest BCUT2D eigenvalue weighted by Gasteiger charge is -2.11. The second-order valence-corrected chi connectivity index (χ2v) is 5.73. The van der Waals surface area contributed by atoms with Gasteiger partial charge in [-0.25, -0.2) is 4.68 Å². The van der Waals surface area contributed by atoms with Crippen molar-refractivity contribution in [3.05, 3.63) is 29.8 Å². The van der Waals surface area contributed by atoms with Crippen molar-refractivity contribution >= 4 is 11.8 Å². The molecule has 1 aromatic carbocycles. The van der Waals surface area contributed by atoms with Gasteiger partial charge in [0.15, 0.2) is 0 Å². The van der Waals surface area contributed by atoms with Gasteiger partial charge in [0.2, 0.25) is 5.16 Å². The van der Waals surface area contributed by atoms with E-state index in [1.54, 1.807) is 7.11 Å². The van der Waals surface area contributed by atoms with Gasteiger partial charge in [-0.1, -0.05) is 23.9 Å². The van der Waals surface area contributed by atoms with E-state index in [4.69, 9.17) is 4.74 Å². The molecule has 0 aliphatic heterocycles. The van der Waals surface area contributed by atoms with Gasteiger partial charge in [-0.05, 0) is 41.0 Å². The Morgan fingerprint density at radius 1 is 1.50 bits per heavy atom. The molecule has 3 rings (SSSR count). The zero-order valence-electron chi connectivity index (χ0n) is 11.1. The standard InChI is InChI=1S/C13H16N4O2S/c1-19-11-4-2-3-9(7-11)12(18)8-20-13-14-15-16-17(13)10-5-6-10/h2-4,7,10,12,18H,5-6,8H2,1H3. The molecule has 1 atom stereocenters. The largest absolute Gasteiger partial charge is 0.497 e. The number of benzene rings is 1. The molecular weight excluding hydrogens is 276 g/mol. The zero-order chi connectivity index (χ0) is 13.9. The Kier molecular flexibility index (Phi) is 3.88. The molecule has 1 fully saturated rings. The van der Waals surface area contributed by atoms with Gasteiger partial charge in [-0.3, -0.25) is 0 Å². The van der Waals surface area contributed by atoms with E-state index in [1.165, 1.54) is 11.8 Å². The van der Waals surface area contributed by atoms with E-state index in [0.717, 1.165) is 29.3 Å². The Hall–Kier alpha value is -1.60. The van der Waals surface area contributed by atoms with E-state index >= 15 is 0 Å². The molecule has 0 amide bonds. The maximum Gasteiger partial charge on any atom is 0.209 e. The molecule has 106 valence electrons. The second kappa shape index (κ2) is 5.80. The minimum atomic E-state index is -0.570. The van der Waals surface area contributed by atoms with Crippen LogP contribution >= 0.6 is 11.8 Å². The van der Waals surface area contributed by atoms with E-state index in [9.17, 15) is 5.11 Å². The predicted molar refractivity (Wildman–Crippen MR) is 74.8 cm³/mol. The van der Waals surface area contributed by atoms with Crippen molar-refractivity contribution in [2.45, 2.75) is 30.1 Å². The topological polar surface area (TPSA) is 73.1 Å². The molecule has 1 unspecified atom stereocenters. The summed E-state index contributed by atoms with van der Waals surface area (Å²) in [6.07, 6.45) is 1.70. The molecule has 1 aliphatic carbocycles. The summed E-state index contributed by atoms with van der Waals surface area (Å²) in [4.78, 5) is 0. The fraction of sp³-hybridized carbons (Fsp3) is 0.462. The number of rotatable bonds is 6. The molecule has 1 N–H and O–H groups in total. The third-order valence-electron chi connectivity index (χ3n) is 3.20. The predicted octanol–water partition coefficient (Wildman–Crippen LogP) is 1.84. The molecule has 1 aliphatic rings. The lowest BCUT2D eigenvalue weighted by molar-refractivity contribution is 0.203. The summed E-state index contributed by atoms with van der Waals surface area (Å²) >= 11 is 1.47. The SMILES string of the molecule is COc1cccc(C(O)CSc2nnnn2C2CC2)c1. The van der Waals surface area contributed by atoms with Crippen LogP contribution in [0.15, 0.2) is 29.4 Å². The van der Waals surface area contributed by atoms with Crippen LogP contribution < -0.4 is 4.74 Å². The van der Waals surface area contributed by atoms with Crippen molar-refractivity contribution in [3.63, 3.8) is 0 Å². The summed E-state index contributed by atoms with van der Waals surface area (Å²) in [5.41, 5.74) is 0.835. The second-order valence-electron chi connectivity index (χ2n) is 4.74. The van der Waals surface area contributed by atoms with Crippen molar-refractivity contribution in [1.82, 2.24) is 20.2 Å². The summed E-state index contributed by atoms with van der Waals surface area (Å²) in [7, 11) is 1.62. The van der Waals surface area contributed by atoms with Crippen LogP contribution in [0.3, 0.4) is 0 Å². The lowest BCUT2D eigenvalue weighted by Crippen LogP contribution is -2.04. The molecule has 0 radical (unpaired) electrons. The molecule has 1 heterocycles. The number of aliphatic hydroxyl groups is 1. The van der Waals surface area contributed by atoms with Crippen LogP contribution in [0.25, 0.3) is 0 Å². The van der Waals surface area contributed by atoms with Crippen LogP contribution in [0.1, 0.15) is 30.6 Å². The van der Waals surface area contributed by atoms with Gasteiger partial charge in [0.1, 0.15) is 5.75 Å². The smallest absolute Gasteiger partial charge is 0.209 e. The first-order valence-electron chi connectivity index (χ1n) is 6.50. The number of methoxy groups -OCH3 is 1. The van der Waals surface area contributed by atoms with Crippen LogP contribution in [-0.2, 0) is 0 Å². The molecule has 1 aromatic heterocycles. The highest BCUT2D eigenvalue weighted by molar-refractivity contribution is 7.99. The normalized spacial score (nSPS) is 16.1. The summed E-state index contributed by atoms with van der Waals surface area (Å²) in [5.74, 6) is 1.26. The van der Waals surface area contributed by atoms with Crippen LogP contribution in [0.5, 0.6) is 5.75 Å². The van der Waals surface area contributed by atoms with Crippen molar-refractivity contribution in [3.8, 4) is 5.75 Å². The summed E-state index contributed by atoms with van der Waals surface area (Å²) in [6.45, 7) is 0. The number of hydrogen-bond acceptors (Lipinski definition) is 6. The molecular formula is C13H16N4O2S. The maximum atomic E-state index is 10.2. The fourth-order valence-electron chi connectivity index (χ4n) is 1.93. The Bertz CT molecular complexity index is 585. The molecule has 1 saturated carbocycles. The van der Waals surface area contributed by atoms with Gasteiger partial charge in [-0.2, -0.15) is 0 Å². The van der Waals surface area contributed by atoms with Crippen molar-refractivity contribution in [2.75, 3.05) is 12.9 Å². The minimum absolute atomic E-state index is 0.446. The first-order chi connectivity index (χ1) is 9.78. The third kappa shape index (κ3) is 2.94. The van der Waals surface area contributed by atoms with Crippen LogP contribution in [0.4, 0.5) is 0 Å². The molecule has 7 heteroatoms. The lowest BCUT2D eigenvalue weighted by atomic mass is 10.1. The summed E-state index contributed by atoms with van der Waals surface area (Å²) in [5, 5.41) is 22.7. The minimum Gasteiger partial charge on any atom is -0.497 e. The first-order valence-corrected chi connectivity index (χ1v) is 7.49. The molecule has 6 nitrogen and oxygen atoms in total. The third-order valence-corrected chi connectivity index (χ3v) is 4.21. The summed E-state index contributed by atoms with van der Waals surface area (Å²) in [6, 6.07) is 7.90. The van der Waals surface area contributed by atoms with E-state index in [0.29, 0.717) is 11.8 Å². The van der Waals surface area contributed by atoms with Crippen molar-refractivity contribution in [1.29, 1.82) is 0 Å². The van der Waals surface area contributed by atoms with Gasteiger partial charge in [0, 0.05) is 5.75 Å². The van der Waals surface area contributed by atoms with Gasteiger partial charge >= 0.3 is 0 Å². The molecule has 2 aromatic rings. The highest BCUT2D eigenvalue weighted by atomic mass is 32.2. The molecule has 0 spiro atoms. The van der Waals surface area contributed by atoms with Gasteiger partial charge in [-0.15, -0.1) is 5.10 Å². The summed E-state index contributed by atoms with van der Waals surface area (Å²) < 4.78 is 7.01. The monoisotopic (exact) mass is 292 g/mol. The first kappa shape index (κ1) is 13.4. The van der Waals surface area contributed by atoms with Crippen molar-refractivity contribution < 1.29 is 9.84 Å². The Morgan fingerprint density at radius 3 is 3.10 bits per heavy atom. The molecule has 0 saturated heterocycles. The fourth-order valence-corrected chi connectivity index (χ4v) is 2.84. The number of hydrogen-bond donors (Lipinski definition) is 1. The van der Waals surface area contributed by atoms with E-state index in [2.05, 4.69) is 15.5 Å². The van der Waals surface area contributed by atoms with Crippen LogP contribution in [0, 0.1) is 0 Å². The number of aromatic nitrogens is 4. The number of tetrazole rings is 1. The van der Waals surface area contributed by atoms with Gasteiger partial charge < -0.3 is 9.84 Å². The number of aliphatic hydroxyl groups excluding tert-OH is 1. The van der Waals surface area contributed by atoms with Crippen molar-refractivity contribution in [2.24, 2.45) is 0 Å². The number of thioether (sulfide) groups is 1. The zero-order valence-corrected chi connectivity index (χ0v) is 12.0. The highest BCUT2D eigenvalue weighted by Gasteiger charge is 2.28. The van der Waals surface area contributed by atoms with Gasteiger partial charge in [0.05, 0.1) is 19.3 Å². The average molecular weight is 292 g/mol. The Labute approximate surface area is 121 Å². The van der Waals surface area contributed by atoms with Crippen LogP contribution in [0.2, 0.25) is 0 Å². The van der Waals surface area contributed by atoms with E-state index in [1.807, 2.05) is 28.9 Å². The van der Waals surface area contributed by atoms with E-state index in [-0.39, 0.29) is 0 Å². The average Bonchev–Trinajstić information content (AvgIpc) is 3.23. The van der Waals surface area contributed by atoms with E-state index < -0.39 is 6.10 Å². The molecule has 0 bridgehead atoms. The highest BCUT2D eigenvalue weighted by Crippen LogP contribution is 2.37. The number of ether oxygens (including phenoxy) is 1. The molecule has 20 heavy (non-hydrogen) atoms. The maximum absolute atomic E-state index is 10.2.